The molecule has 0 amide bonds. The van der Waals surface area contributed by atoms with E-state index in [1.54, 1.807) is 54.7 Å². The van der Waals surface area contributed by atoms with Crippen LogP contribution in [0.25, 0.3) is 0 Å². The van der Waals surface area contributed by atoms with Crippen molar-refractivity contribution in [3.05, 3.63) is 88.9 Å². The molecule has 0 unspecified atom stereocenters. The highest BCUT2D eigenvalue weighted by molar-refractivity contribution is 6.32. The van der Waals surface area contributed by atoms with E-state index in [0.717, 1.165) is 30.0 Å². The summed E-state index contributed by atoms with van der Waals surface area (Å²) >= 11 is 6.03. The van der Waals surface area contributed by atoms with E-state index in [9.17, 15) is 4.79 Å². The Morgan fingerprint density at radius 3 is 2.34 bits per heavy atom. The lowest BCUT2D eigenvalue weighted by Crippen LogP contribution is -2.08. The topological polar surface area (TPSA) is 47.9 Å². The molecule has 3 aromatic rings. The Labute approximate surface area is 194 Å². The zero-order chi connectivity index (χ0) is 22.6. The van der Waals surface area contributed by atoms with E-state index in [-0.39, 0.29) is 0 Å². The summed E-state index contributed by atoms with van der Waals surface area (Å²) in [4.78, 5) is 16.8. The van der Waals surface area contributed by atoms with E-state index >= 15 is 0 Å². The van der Waals surface area contributed by atoms with Gasteiger partial charge in [0.1, 0.15) is 11.5 Å². The number of para-hydroxylation sites is 1. The van der Waals surface area contributed by atoms with Crippen molar-refractivity contribution in [3.63, 3.8) is 0 Å². The van der Waals surface area contributed by atoms with Gasteiger partial charge in [-0.25, -0.2) is 4.79 Å². The molecule has 0 saturated heterocycles. The minimum Gasteiger partial charge on any atom is -0.494 e. The normalized spacial score (nSPS) is 10.9. The number of hydrogen-bond acceptors (Lipinski definition) is 4. The van der Waals surface area contributed by atoms with Crippen molar-refractivity contribution < 1.29 is 14.3 Å². The van der Waals surface area contributed by atoms with Crippen molar-refractivity contribution in [2.75, 3.05) is 6.61 Å². The van der Waals surface area contributed by atoms with Crippen LogP contribution in [0.2, 0.25) is 5.02 Å². The molecule has 0 atom stereocenters. The number of hydrogen-bond donors (Lipinski definition) is 0. The third-order valence-electron chi connectivity index (χ3n) is 4.90. The molecule has 0 saturated carbocycles. The highest BCUT2D eigenvalue weighted by Gasteiger charge is 2.10. The third-order valence-corrected chi connectivity index (χ3v) is 5.21. The van der Waals surface area contributed by atoms with Crippen molar-refractivity contribution >= 4 is 29.5 Å². The van der Waals surface area contributed by atoms with E-state index in [1.807, 2.05) is 24.3 Å². The van der Waals surface area contributed by atoms with Crippen molar-refractivity contribution in [1.82, 2.24) is 0 Å². The number of aliphatic imine (C=N–C) groups is 1. The van der Waals surface area contributed by atoms with Gasteiger partial charge in [-0.1, -0.05) is 56.3 Å². The van der Waals surface area contributed by atoms with Crippen LogP contribution < -0.4 is 9.47 Å². The number of carbonyl (C=O) groups excluding carboxylic acids is 1. The molecule has 0 aromatic heterocycles. The predicted octanol–water partition coefficient (Wildman–Crippen LogP) is 7.66. The van der Waals surface area contributed by atoms with Crippen molar-refractivity contribution in [2.24, 2.45) is 4.99 Å². The summed E-state index contributed by atoms with van der Waals surface area (Å²) in [7, 11) is 0. The highest BCUT2D eigenvalue weighted by atomic mass is 35.5. The summed E-state index contributed by atoms with van der Waals surface area (Å²) in [6, 6.07) is 21.7. The molecule has 0 heterocycles. The second-order valence-corrected chi connectivity index (χ2v) is 7.86. The number of halogens is 1. The van der Waals surface area contributed by atoms with E-state index in [4.69, 9.17) is 21.1 Å². The van der Waals surface area contributed by atoms with Gasteiger partial charge in [-0.15, -0.1) is 0 Å². The van der Waals surface area contributed by atoms with E-state index in [0.29, 0.717) is 16.3 Å². The standard InChI is InChI=1S/C27H28ClNO3/c1-2-3-4-5-8-19-31-24-17-11-21(12-18-24)20-29-23-15-13-22(14-16-23)27(30)32-26-10-7-6-9-25(26)28/h6-7,9-18,20H,2-5,8,19H2,1H3. The first-order chi connectivity index (χ1) is 15.7. The predicted molar refractivity (Wildman–Crippen MR) is 131 cm³/mol. The molecule has 3 rings (SSSR count). The summed E-state index contributed by atoms with van der Waals surface area (Å²) < 4.78 is 11.1. The number of unbranched alkanes of at least 4 members (excludes halogenated alkanes) is 4. The molecule has 4 nitrogen and oxygen atoms in total. The lowest BCUT2D eigenvalue weighted by molar-refractivity contribution is 0.0735. The molecule has 0 fully saturated rings. The first kappa shape index (κ1) is 23.6. The van der Waals surface area contributed by atoms with Gasteiger partial charge in [0.05, 0.1) is 22.9 Å². The summed E-state index contributed by atoms with van der Waals surface area (Å²) in [5.41, 5.74) is 2.15. The van der Waals surface area contributed by atoms with Crippen LogP contribution in [-0.2, 0) is 0 Å². The fourth-order valence-electron chi connectivity index (χ4n) is 3.06. The Morgan fingerprint density at radius 2 is 1.62 bits per heavy atom. The van der Waals surface area contributed by atoms with E-state index in [1.165, 1.54) is 25.7 Å². The van der Waals surface area contributed by atoms with Gasteiger partial charge in [0.2, 0.25) is 0 Å². The Kier molecular flexibility index (Phi) is 9.33. The van der Waals surface area contributed by atoms with Gasteiger partial charge in [-0.05, 0) is 72.6 Å². The number of ether oxygens (including phenoxy) is 2. The Hall–Kier alpha value is -3.11. The van der Waals surface area contributed by atoms with Crippen LogP contribution in [0, 0.1) is 0 Å². The fourth-order valence-corrected chi connectivity index (χ4v) is 3.24. The second kappa shape index (κ2) is 12.7. The van der Waals surface area contributed by atoms with E-state index in [2.05, 4.69) is 11.9 Å². The lowest BCUT2D eigenvalue weighted by Gasteiger charge is -2.06. The molecule has 0 N–H and O–H groups in total. The van der Waals surface area contributed by atoms with Crippen molar-refractivity contribution in [3.8, 4) is 11.5 Å². The third kappa shape index (κ3) is 7.54. The quantitative estimate of drug-likeness (QED) is 0.131. The van der Waals surface area contributed by atoms with Crippen LogP contribution in [0.5, 0.6) is 11.5 Å². The molecule has 0 aliphatic rings. The van der Waals surface area contributed by atoms with Crippen LogP contribution in [0.3, 0.4) is 0 Å². The van der Waals surface area contributed by atoms with Crippen molar-refractivity contribution in [1.29, 1.82) is 0 Å². The average Bonchev–Trinajstić information content (AvgIpc) is 2.82. The number of rotatable bonds is 11. The Morgan fingerprint density at radius 1 is 0.906 bits per heavy atom. The maximum Gasteiger partial charge on any atom is 0.343 e. The van der Waals surface area contributed by atoms with Gasteiger partial charge >= 0.3 is 5.97 Å². The van der Waals surface area contributed by atoms with Crippen LogP contribution >= 0.6 is 11.6 Å². The largest absolute Gasteiger partial charge is 0.494 e. The molecular formula is C27H28ClNO3. The molecule has 0 aliphatic heterocycles. The SMILES string of the molecule is CCCCCCCOc1ccc(C=Nc2ccc(C(=O)Oc3ccccc3Cl)cc2)cc1. The zero-order valence-electron chi connectivity index (χ0n) is 18.3. The minimum absolute atomic E-state index is 0.338. The average molecular weight is 450 g/mol. The highest BCUT2D eigenvalue weighted by Crippen LogP contribution is 2.24. The molecule has 32 heavy (non-hydrogen) atoms. The summed E-state index contributed by atoms with van der Waals surface area (Å²) in [5, 5.41) is 0.394. The summed E-state index contributed by atoms with van der Waals surface area (Å²) in [5.74, 6) is 0.749. The molecule has 3 aromatic carbocycles. The Bertz CT molecular complexity index is 1010. The first-order valence-electron chi connectivity index (χ1n) is 11.0. The summed E-state index contributed by atoms with van der Waals surface area (Å²) in [6.45, 7) is 2.97. The molecule has 0 spiro atoms. The van der Waals surface area contributed by atoms with Gasteiger partial charge in [-0.3, -0.25) is 4.99 Å². The molecule has 166 valence electrons. The maximum absolute atomic E-state index is 12.3. The summed E-state index contributed by atoms with van der Waals surface area (Å²) in [6.07, 6.45) is 7.91. The lowest BCUT2D eigenvalue weighted by atomic mass is 10.2. The number of benzene rings is 3. The molecule has 0 aliphatic carbocycles. The van der Waals surface area contributed by atoms with Crippen molar-refractivity contribution in [2.45, 2.75) is 39.0 Å². The van der Waals surface area contributed by atoms with Gasteiger partial charge in [0.15, 0.2) is 0 Å². The van der Waals surface area contributed by atoms with Crippen LogP contribution in [-0.4, -0.2) is 18.8 Å². The second-order valence-electron chi connectivity index (χ2n) is 7.46. The van der Waals surface area contributed by atoms with Gasteiger partial charge in [0.25, 0.3) is 0 Å². The van der Waals surface area contributed by atoms with Crippen LogP contribution in [0.4, 0.5) is 5.69 Å². The molecular weight excluding hydrogens is 422 g/mol. The van der Waals surface area contributed by atoms with Crippen LogP contribution in [0.1, 0.15) is 54.9 Å². The van der Waals surface area contributed by atoms with E-state index < -0.39 is 5.97 Å². The zero-order valence-corrected chi connectivity index (χ0v) is 19.1. The maximum atomic E-state index is 12.3. The number of nitrogens with zero attached hydrogens (tertiary/aromatic N) is 1. The van der Waals surface area contributed by atoms with Gasteiger partial charge < -0.3 is 9.47 Å². The van der Waals surface area contributed by atoms with Crippen LogP contribution in [0.15, 0.2) is 77.8 Å². The van der Waals surface area contributed by atoms with Gasteiger partial charge in [0, 0.05) is 6.21 Å². The fraction of sp³-hybridized carbons (Fsp3) is 0.259. The molecule has 0 radical (unpaired) electrons. The number of esters is 1. The Balaban J connectivity index is 1.49. The number of carbonyl (C=O) groups is 1. The molecule has 5 heteroatoms. The minimum atomic E-state index is -0.463. The van der Waals surface area contributed by atoms with Gasteiger partial charge in [-0.2, -0.15) is 0 Å². The first-order valence-corrected chi connectivity index (χ1v) is 11.4. The smallest absolute Gasteiger partial charge is 0.343 e. The monoisotopic (exact) mass is 449 g/mol. The molecule has 0 bridgehead atoms.